The summed E-state index contributed by atoms with van der Waals surface area (Å²) in [6, 6.07) is 3.34. The number of carbonyl (C=O) groups is 1. The summed E-state index contributed by atoms with van der Waals surface area (Å²) in [6.07, 6.45) is 6.54. The van der Waals surface area contributed by atoms with Gasteiger partial charge in [0.15, 0.2) is 5.11 Å². The fourth-order valence-electron chi connectivity index (χ4n) is 5.88. The van der Waals surface area contributed by atoms with Gasteiger partial charge in [0.2, 0.25) is 5.43 Å². The van der Waals surface area contributed by atoms with Crippen molar-refractivity contribution in [2.45, 2.75) is 45.2 Å². The third kappa shape index (κ3) is 3.96. The van der Waals surface area contributed by atoms with Crippen LogP contribution >= 0.6 is 12.2 Å². The van der Waals surface area contributed by atoms with E-state index in [2.05, 4.69) is 10.2 Å². The predicted octanol–water partition coefficient (Wildman–Crippen LogP) is 3.04. The summed E-state index contributed by atoms with van der Waals surface area (Å²) < 4.78 is 16.8. The molecule has 2 bridgehead atoms. The number of hydrogen-bond donors (Lipinski definition) is 2. The molecule has 9 heteroatoms. The molecule has 3 fully saturated rings. The van der Waals surface area contributed by atoms with Crippen LogP contribution in [0.3, 0.4) is 0 Å². The molecule has 1 saturated heterocycles. The normalized spacial score (nSPS) is 24.5. The SMILES string of the molecule is CCn1cc(C(=O)O)c(=O)c2cc(F)c(N3CCN(C(=S)NC4CC5CCC4C5)CC3)cc21. The van der Waals surface area contributed by atoms with E-state index in [1.54, 1.807) is 10.6 Å². The molecule has 3 aliphatic rings. The van der Waals surface area contributed by atoms with Gasteiger partial charge in [-0.15, -0.1) is 0 Å². The van der Waals surface area contributed by atoms with Crippen LogP contribution in [0.25, 0.3) is 10.9 Å². The number of anilines is 1. The number of carboxylic acid groups (broad SMARTS) is 1. The third-order valence-electron chi connectivity index (χ3n) is 7.67. The summed E-state index contributed by atoms with van der Waals surface area (Å²) >= 11 is 5.69. The van der Waals surface area contributed by atoms with Gasteiger partial charge in [-0.2, -0.15) is 0 Å². The lowest BCUT2D eigenvalue weighted by Crippen LogP contribution is -2.54. The summed E-state index contributed by atoms with van der Waals surface area (Å²) in [4.78, 5) is 28.1. The van der Waals surface area contributed by atoms with Crippen LogP contribution in [0, 0.1) is 17.7 Å². The van der Waals surface area contributed by atoms with Crippen molar-refractivity contribution in [3.05, 3.63) is 39.9 Å². The maximum atomic E-state index is 15.1. The zero-order valence-corrected chi connectivity index (χ0v) is 19.5. The molecular weight excluding hydrogens is 443 g/mol. The second-order valence-corrected chi connectivity index (χ2v) is 9.88. The van der Waals surface area contributed by atoms with Gasteiger partial charge < -0.3 is 24.8 Å². The molecule has 1 aromatic carbocycles. The second-order valence-electron chi connectivity index (χ2n) is 9.49. The molecule has 1 aromatic heterocycles. The molecule has 7 nitrogen and oxygen atoms in total. The topological polar surface area (TPSA) is 77.8 Å². The van der Waals surface area contributed by atoms with Gasteiger partial charge in [0.25, 0.3) is 0 Å². The summed E-state index contributed by atoms with van der Waals surface area (Å²) in [5.74, 6) is -0.213. The first-order chi connectivity index (χ1) is 15.9. The Morgan fingerprint density at radius 2 is 1.97 bits per heavy atom. The van der Waals surface area contributed by atoms with Crippen LogP contribution in [0.15, 0.2) is 23.1 Å². The number of benzene rings is 1. The minimum atomic E-state index is -1.31. The Labute approximate surface area is 197 Å². The van der Waals surface area contributed by atoms with Crippen molar-refractivity contribution >= 4 is 39.9 Å². The van der Waals surface area contributed by atoms with Gasteiger partial charge in [-0.05, 0) is 62.4 Å². The van der Waals surface area contributed by atoms with E-state index < -0.39 is 17.2 Å². The summed E-state index contributed by atoms with van der Waals surface area (Å²) in [7, 11) is 0. The molecular formula is C24H29FN4O3S. The van der Waals surface area contributed by atoms with Crippen molar-refractivity contribution in [1.29, 1.82) is 0 Å². The van der Waals surface area contributed by atoms with Crippen molar-refractivity contribution in [1.82, 2.24) is 14.8 Å². The number of nitrogens with zero attached hydrogens (tertiary/aromatic N) is 3. The highest BCUT2D eigenvalue weighted by atomic mass is 32.1. The fraction of sp³-hybridized carbons (Fsp3) is 0.542. The van der Waals surface area contributed by atoms with Gasteiger partial charge in [-0.3, -0.25) is 4.79 Å². The molecule has 2 aliphatic carbocycles. The number of aromatic nitrogens is 1. The maximum Gasteiger partial charge on any atom is 0.341 e. The number of piperazine rings is 1. The Morgan fingerprint density at radius 3 is 2.58 bits per heavy atom. The quantitative estimate of drug-likeness (QED) is 0.663. The number of aryl methyl sites for hydroxylation is 1. The van der Waals surface area contributed by atoms with E-state index >= 15 is 4.39 Å². The second kappa shape index (κ2) is 8.59. The summed E-state index contributed by atoms with van der Waals surface area (Å²) in [6.45, 7) is 4.96. The maximum absolute atomic E-state index is 15.1. The van der Waals surface area contributed by atoms with Gasteiger partial charge in [-0.1, -0.05) is 6.42 Å². The largest absolute Gasteiger partial charge is 0.477 e. The summed E-state index contributed by atoms with van der Waals surface area (Å²) in [5.41, 5.74) is -0.0327. The van der Waals surface area contributed by atoms with Crippen molar-refractivity contribution in [3.8, 4) is 0 Å². The minimum absolute atomic E-state index is 0.0906. The molecule has 5 rings (SSSR count). The number of hydrogen-bond acceptors (Lipinski definition) is 4. The molecule has 3 atom stereocenters. The number of fused-ring (bicyclic) bond motifs is 3. The molecule has 3 unspecified atom stereocenters. The molecule has 2 aromatic rings. The number of rotatable bonds is 4. The Balaban J connectivity index is 1.32. The van der Waals surface area contributed by atoms with Crippen molar-refractivity contribution in [3.63, 3.8) is 0 Å². The monoisotopic (exact) mass is 472 g/mol. The van der Waals surface area contributed by atoms with Crippen LogP contribution in [-0.2, 0) is 6.54 Å². The first-order valence-corrected chi connectivity index (χ1v) is 12.2. The van der Waals surface area contributed by atoms with E-state index in [-0.39, 0.29) is 10.9 Å². The molecule has 2 saturated carbocycles. The van der Waals surface area contributed by atoms with Crippen LogP contribution in [0.1, 0.15) is 43.0 Å². The number of aromatic carboxylic acids is 1. The Morgan fingerprint density at radius 1 is 1.21 bits per heavy atom. The smallest absolute Gasteiger partial charge is 0.341 e. The van der Waals surface area contributed by atoms with E-state index in [9.17, 15) is 14.7 Å². The van der Waals surface area contributed by atoms with Crippen LogP contribution in [-0.4, -0.2) is 57.9 Å². The predicted molar refractivity (Wildman–Crippen MR) is 130 cm³/mol. The van der Waals surface area contributed by atoms with Crippen molar-refractivity contribution in [2.75, 3.05) is 31.1 Å². The molecule has 0 radical (unpaired) electrons. The number of halogens is 1. The van der Waals surface area contributed by atoms with Crippen LogP contribution in [0.5, 0.6) is 0 Å². The third-order valence-corrected chi connectivity index (χ3v) is 8.05. The average Bonchev–Trinajstić information content (AvgIpc) is 3.42. The van der Waals surface area contributed by atoms with Crippen molar-refractivity contribution in [2.24, 2.45) is 11.8 Å². The molecule has 0 amide bonds. The molecule has 2 N–H and O–H groups in total. The van der Waals surface area contributed by atoms with E-state index in [1.165, 1.54) is 37.9 Å². The molecule has 33 heavy (non-hydrogen) atoms. The number of carboxylic acids is 1. The van der Waals surface area contributed by atoms with Crippen LogP contribution in [0.2, 0.25) is 0 Å². The molecule has 0 spiro atoms. The zero-order chi connectivity index (χ0) is 23.3. The van der Waals surface area contributed by atoms with Gasteiger partial charge in [-0.25, -0.2) is 9.18 Å². The van der Waals surface area contributed by atoms with E-state index in [4.69, 9.17) is 12.2 Å². The van der Waals surface area contributed by atoms with Crippen LogP contribution < -0.4 is 15.6 Å². The van der Waals surface area contributed by atoms with Crippen LogP contribution in [0.4, 0.5) is 10.1 Å². The standard InChI is InChI=1S/C24H29FN4O3S/c1-2-27-13-17(23(31)32)22(30)16-11-18(25)21(12-20(16)27)28-5-7-29(8-6-28)24(33)26-19-10-14-3-4-15(19)9-14/h11-15,19H,2-10H2,1H3,(H,26,33)(H,31,32). The average molecular weight is 473 g/mol. The van der Waals surface area contributed by atoms with Crippen molar-refractivity contribution < 1.29 is 14.3 Å². The van der Waals surface area contributed by atoms with Gasteiger partial charge >= 0.3 is 5.97 Å². The van der Waals surface area contributed by atoms with E-state index in [0.717, 1.165) is 16.9 Å². The van der Waals surface area contributed by atoms with Gasteiger partial charge in [0.05, 0.1) is 11.2 Å². The Bertz CT molecular complexity index is 1170. The lowest BCUT2D eigenvalue weighted by molar-refractivity contribution is 0.0695. The number of thiocarbonyl (C=S) groups is 1. The number of nitrogens with one attached hydrogen (secondary N) is 1. The molecule has 2 heterocycles. The number of pyridine rings is 1. The van der Waals surface area contributed by atoms with Gasteiger partial charge in [0, 0.05) is 50.3 Å². The summed E-state index contributed by atoms with van der Waals surface area (Å²) in [5, 5.41) is 13.8. The van der Waals surface area contributed by atoms with Gasteiger partial charge in [0.1, 0.15) is 11.4 Å². The van der Waals surface area contributed by atoms with E-state index in [1.807, 2.05) is 11.8 Å². The lowest BCUT2D eigenvalue weighted by Gasteiger charge is -2.39. The lowest BCUT2D eigenvalue weighted by atomic mass is 9.95. The van der Waals surface area contributed by atoms with E-state index in [0.29, 0.717) is 50.0 Å². The highest BCUT2D eigenvalue weighted by Crippen LogP contribution is 2.44. The fourth-order valence-corrected chi connectivity index (χ4v) is 6.21. The minimum Gasteiger partial charge on any atom is -0.477 e. The Kier molecular flexibility index (Phi) is 5.76. The first kappa shape index (κ1) is 22.1. The Hall–Kier alpha value is -2.68. The highest BCUT2D eigenvalue weighted by molar-refractivity contribution is 7.80. The first-order valence-electron chi connectivity index (χ1n) is 11.8. The zero-order valence-electron chi connectivity index (χ0n) is 18.7. The molecule has 1 aliphatic heterocycles. The molecule has 176 valence electrons. The highest BCUT2D eigenvalue weighted by Gasteiger charge is 2.40.